The summed E-state index contributed by atoms with van der Waals surface area (Å²) in [6.07, 6.45) is 0. The summed E-state index contributed by atoms with van der Waals surface area (Å²) >= 11 is 0. The second-order valence-electron chi connectivity index (χ2n) is 8.09. The molecule has 2 unspecified atom stereocenters. The molecule has 0 saturated carbocycles. The third kappa shape index (κ3) is 6.46. The van der Waals surface area contributed by atoms with Crippen LogP contribution in [0.3, 0.4) is 0 Å². The first kappa shape index (κ1) is 21.1. The quantitative estimate of drug-likeness (QED) is 0.578. The Morgan fingerprint density at radius 2 is 1.93 bits per heavy atom. The summed E-state index contributed by atoms with van der Waals surface area (Å²) in [7, 11) is 0. The van der Waals surface area contributed by atoms with Gasteiger partial charge in [0.05, 0.1) is 0 Å². The molecule has 1 aromatic carbocycles. The second-order valence-corrected chi connectivity index (χ2v) is 8.09. The van der Waals surface area contributed by atoms with Crippen LogP contribution in [0, 0.1) is 0 Å². The molecule has 1 aromatic rings. The van der Waals surface area contributed by atoms with Gasteiger partial charge in [-0.3, -0.25) is 9.69 Å². The number of esters is 1. The van der Waals surface area contributed by atoms with Crippen LogP contribution >= 0.6 is 0 Å². The van der Waals surface area contributed by atoms with Gasteiger partial charge in [-0.05, 0) is 52.3 Å². The van der Waals surface area contributed by atoms with E-state index < -0.39 is 23.7 Å². The van der Waals surface area contributed by atoms with Crippen molar-refractivity contribution >= 4 is 11.9 Å². The van der Waals surface area contributed by atoms with E-state index in [-0.39, 0.29) is 17.7 Å². The summed E-state index contributed by atoms with van der Waals surface area (Å²) in [5.74, 6) is -0.699. The van der Waals surface area contributed by atoms with E-state index in [0.717, 1.165) is 5.56 Å². The van der Waals surface area contributed by atoms with Gasteiger partial charge in [0.25, 0.3) is 0 Å². The first-order chi connectivity index (χ1) is 12.4. The van der Waals surface area contributed by atoms with Crippen LogP contribution in [-0.2, 0) is 20.9 Å². The van der Waals surface area contributed by atoms with Gasteiger partial charge in [0.2, 0.25) is 5.91 Å². The third-order valence-corrected chi connectivity index (χ3v) is 3.87. The van der Waals surface area contributed by atoms with Crippen LogP contribution in [-0.4, -0.2) is 47.1 Å². The van der Waals surface area contributed by atoms with Gasteiger partial charge in [-0.2, -0.15) is 8.78 Å². The van der Waals surface area contributed by atoms with Crippen molar-refractivity contribution < 1.29 is 27.8 Å². The van der Waals surface area contributed by atoms with Crippen molar-refractivity contribution in [2.45, 2.75) is 65.0 Å². The molecule has 0 radical (unpaired) electrons. The van der Waals surface area contributed by atoms with Crippen molar-refractivity contribution in [2.24, 2.45) is 0 Å². The molecule has 0 aliphatic carbocycles. The fourth-order valence-corrected chi connectivity index (χ4v) is 2.50. The van der Waals surface area contributed by atoms with E-state index in [0.29, 0.717) is 13.1 Å². The summed E-state index contributed by atoms with van der Waals surface area (Å²) in [5, 5.41) is 2.71. The van der Waals surface area contributed by atoms with Crippen molar-refractivity contribution in [2.75, 3.05) is 6.54 Å². The largest absolute Gasteiger partial charge is 0.458 e. The Kier molecular flexibility index (Phi) is 6.09. The molecule has 2 atom stereocenters. The molecule has 150 valence electrons. The maximum atomic E-state index is 12.4. The maximum absolute atomic E-state index is 12.4. The van der Waals surface area contributed by atoms with Gasteiger partial charge in [-0.25, -0.2) is 4.79 Å². The zero-order valence-corrected chi connectivity index (χ0v) is 16.2. The number of nitrogens with zero attached hydrogens (tertiary/aromatic N) is 1. The second kappa shape index (κ2) is 7.80. The number of benzene rings is 1. The van der Waals surface area contributed by atoms with E-state index in [2.05, 4.69) is 10.1 Å². The molecule has 6 nitrogen and oxygen atoms in total. The minimum absolute atomic E-state index is 0.0800. The van der Waals surface area contributed by atoms with Crippen molar-refractivity contribution in [1.29, 1.82) is 0 Å². The summed E-state index contributed by atoms with van der Waals surface area (Å²) < 4.78 is 34.3. The fraction of sp³-hybridized carbons (Fsp3) is 0.579. The zero-order valence-electron chi connectivity index (χ0n) is 16.2. The third-order valence-electron chi connectivity index (χ3n) is 3.87. The van der Waals surface area contributed by atoms with E-state index in [1.54, 1.807) is 46.8 Å². The lowest BCUT2D eigenvalue weighted by molar-refractivity contribution is -0.163. The van der Waals surface area contributed by atoms with Gasteiger partial charge in [0.15, 0.2) is 0 Å². The van der Waals surface area contributed by atoms with Crippen molar-refractivity contribution in [3.05, 3.63) is 29.8 Å². The molecular weight excluding hydrogens is 358 g/mol. The lowest BCUT2D eigenvalue weighted by Crippen LogP contribution is -2.53. The Balaban J connectivity index is 1.89. The first-order valence-corrected chi connectivity index (χ1v) is 8.71. The van der Waals surface area contributed by atoms with Crippen molar-refractivity contribution in [3.8, 4) is 5.75 Å². The molecule has 1 aliphatic rings. The number of hydrogen-bond acceptors (Lipinski definition) is 5. The number of ether oxygens (including phenoxy) is 2. The van der Waals surface area contributed by atoms with Crippen molar-refractivity contribution in [3.63, 3.8) is 0 Å². The van der Waals surface area contributed by atoms with Gasteiger partial charge in [-0.15, -0.1) is 0 Å². The van der Waals surface area contributed by atoms with Gasteiger partial charge in [-0.1, -0.05) is 12.1 Å². The van der Waals surface area contributed by atoms with Gasteiger partial charge in [0.1, 0.15) is 22.9 Å². The number of amides is 1. The Hall–Kier alpha value is -2.22. The molecule has 27 heavy (non-hydrogen) atoms. The molecule has 1 fully saturated rings. The van der Waals surface area contributed by atoms with Crippen LogP contribution in [0.5, 0.6) is 5.75 Å². The van der Waals surface area contributed by atoms with Gasteiger partial charge in [0, 0.05) is 13.1 Å². The highest BCUT2D eigenvalue weighted by atomic mass is 19.3. The zero-order chi connectivity index (χ0) is 20.4. The van der Waals surface area contributed by atoms with Crippen molar-refractivity contribution in [1.82, 2.24) is 10.2 Å². The van der Waals surface area contributed by atoms with Crippen LogP contribution in [0.1, 0.15) is 40.2 Å². The van der Waals surface area contributed by atoms with E-state index >= 15 is 0 Å². The number of nitrogens with one attached hydrogen (secondary N) is 1. The fourth-order valence-electron chi connectivity index (χ4n) is 2.50. The van der Waals surface area contributed by atoms with Gasteiger partial charge < -0.3 is 14.8 Å². The Morgan fingerprint density at radius 3 is 2.52 bits per heavy atom. The molecule has 8 heteroatoms. The normalized spacial score (nSPS) is 19.6. The van der Waals surface area contributed by atoms with Crippen LogP contribution in [0.15, 0.2) is 24.3 Å². The van der Waals surface area contributed by atoms with Crippen LogP contribution in [0.25, 0.3) is 0 Å². The molecule has 0 bridgehead atoms. The number of carbonyl (C=O) groups excluding carboxylic acids is 2. The van der Waals surface area contributed by atoms with Crippen LogP contribution in [0.4, 0.5) is 8.78 Å². The number of rotatable bonds is 7. The van der Waals surface area contributed by atoms with E-state index in [4.69, 9.17) is 4.74 Å². The topological polar surface area (TPSA) is 67.6 Å². The predicted octanol–water partition coefficient (Wildman–Crippen LogP) is 2.71. The Morgan fingerprint density at radius 1 is 1.26 bits per heavy atom. The Labute approximate surface area is 157 Å². The Bertz CT molecular complexity index is 701. The number of halogens is 2. The minimum atomic E-state index is -2.88. The molecule has 1 N–H and O–H groups in total. The lowest BCUT2D eigenvalue weighted by atomic mass is 10.0. The summed E-state index contributed by atoms with van der Waals surface area (Å²) in [6.45, 7) is 6.54. The van der Waals surface area contributed by atoms with E-state index in [9.17, 15) is 18.4 Å². The molecule has 0 aromatic heterocycles. The number of carbonyl (C=O) groups is 2. The minimum Gasteiger partial charge on any atom is -0.458 e. The maximum Gasteiger partial charge on any atom is 0.387 e. The van der Waals surface area contributed by atoms with E-state index in [1.165, 1.54) is 12.1 Å². The standard InChI is InChI=1S/C19H26F2N2O4/c1-18(2,3)27-16(25)19(4,5)22-15(24)14-11-23(14)10-12-7-6-8-13(9-12)26-17(20)21/h6-9,14,17H,10-11H2,1-5H3,(H,22,24). The van der Waals surface area contributed by atoms with Gasteiger partial charge >= 0.3 is 12.6 Å². The summed E-state index contributed by atoms with van der Waals surface area (Å²) in [4.78, 5) is 26.5. The summed E-state index contributed by atoms with van der Waals surface area (Å²) in [5.41, 5.74) is -1.03. The molecule has 1 amide bonds. The number of alkyl halides is 2. The smallest absolute Gasteiger partial charge is 0.387 e. The highest BCUT2D eigenvalue weighted by Crippen LogP contribution is 2.25. The monoisotopic (exact) mass is 384 g/mol. The number of hydrogen-bond donors (Lipinski definition) is 1. The molecule has 1 saturated heterocycles. The average Bonchev–Trinajstić information content (AvgIpc) is 3.24. The van der Waals surface area contributed by atoms with Crippen LogP contribution < -0.4 is 10.1 Å². The predicted molar refractivity (Wildman–Crippen MR) is 95.3 cm³/mol. The van der Waals surface area contributed by atoms with E-state index in [1.807, 2.05) is 4.90 Å². The van der Waals surface area contributed by atoms with Crippen LogP contribution in [0.2, 0.25) is 0 Å². The lowest BCUT2D eigenvalue weighted by Gasteiger charge is -2.29. The highest BCUT2D eigenvalue weighted by Gasteiger charge is 2.44. The molecule has 1 aliphatic heterocycles. The molecule has 0 spiro atoms. The average molecular weight is 384 g/mol. The first-order valence-electron chi connectivity index (χ1n) is 8.71. The SMILES string of the molecule is CC(C)(C)OC(=O)C(C)(C)NC(=O)C1CN1Cc1cccc(OC(F)F)c1. The summed E-state index contributed by atoms with van der Waals surface area (Å²) in [6, 6.07) is 6.00. The molecule has 2 rings (SSSR count). The molecule has 1 heterocycles. The molecular formula is C19H26F2N2O4. The highest BCUT2D eigenvalue weighted by molar-refractivity contribution is 5.91.